The average molecular weight is 309 g/mol. The lowest BCUT2D eigenvalue weighted by atomic mass is 10.2. The minimum absolute atomic E-state index is 0.0966. The van der Waals surface area contributed by atoms with E-state index >= 15 is 0 Å². The Balaban J connectivity index is 1.49. The van der Waals surface area contributed by atoms with Crippen LogP contribution < -0.4 is 10.1 Å². The second-order valence-electron chi connectivity index (χ2n) is 4.95. The van der Waals surface area contributed by atoms with E-state index in [0.29, 0.717) is 23.7 Å². The van der Waals surface area contributed by atoms with E-state index in [9.17, 15) is 9.59 Å². The molecule has 1 aromatic heterocycles. The quantitative estimate of drug-likeness (QED) is 0.683. The number of hydrogen-bond acceptors (Lipinski definition) is 4. The van der Waals surface area contributed by atoms with E-state index < -0.39 is 0 Å². The standard InChI is InChI=1S/C17H15N3O3/c21-10-12-5-7-13(8-6-12)23-11-17(22)18-9-16-19-14-3-1-2-4-15(14)20-16/h1-8,10H,9,11H2,(H,18,22)(H,19,20). The molecule has 1 heterocycles. The van der Waals surface area contributed by atoms with Crippen molar-refractivity contribution in [2.45, 2.75) is 6.54 Å². The highest BCUT2D eigenvalue weighted by molar-refractivity contribution is 5.78. The molecule has 0 atom stereocenters. The lowest BCUT2D eigenvalue weighted by Gasteiger charge is -2.06. The van der Waals surface area contributed by atoms with Crippen molar-refractivity contribution >= 4 is 23.2 Å². The molecule has 23 heavy (non-hydrogen) atoms. The zero-order chi connectivity index (χ0) is 16.1. The van der Waals surface area contributed by atoms with E-state index in [2.05, 4.69) is 15.3 Å². The van der Waals surface area contributed by atoms with Gasteiger partial charge in [0.05, 0.1) is 17.6 Å². The lowest BCUT2D eigenvalue weighted by Crippen LogP contribution is -2.28. The molecule has 0 aliphatic rings. The third-order valence-electron chi connectivity index (χ3n) is 3.28. The maximum atomic E-state index is 11.8. The summed E-state index contributed by atoms with van der Waals surface area (Å²) in [6.07, 6.45) is 0.754. The summed E-state index contributed by atoms with van der Waals surface area (Å²) in [6.45, 7) is 0.210. The predicted octanol–water partition coefficient (Wildman–Crippen LogP) is 2.07. The number of fused-ring (bicyclic) bond motifs is 1. The van der Waals surface area contributed by atoms with Gasteiger partial charge in [0.15, 0.2) is 6.61 Å². The highest BCUT2D eigenvalue weighted by atomic mass is 16.5. The van der Waals surface area contributed by atoms with Crippen LogP contribution in [0, 0.1) is 0 Å². The Morgan fingerprint density at radius 2 is 1.96 bits per heavy atom. The number of nitrogens with zero attached hydrogens (tertiary/aromatic N) is 1. The molecule has 0 saturated heterocycles. The van der Waals surface area contributed by atoms with Crippen LogP contribution in [0.1, 0.15) is 16.2 Å². The molecule has 2 N–H and O–H groups in total. The number of carbonyl (C=O) groups is 2. The zero-order valence-electron chi connectivity index (χ0n) is 12.3. The molecule has 0 saturated carbocycles. The van der Waals surface area contributed by atoms with Crippen molar-refractivity contribution in [1.29, 1.82) is 0 Å². The van der Waals surface area contributed by atoms with Gasteiger partial charge in [-0.3, -0.25) is 9.59 Å². The number of aromatic amines is 1. The van der Waals surface area contributed by atoms with Gasteiger partial charge in [0.1, 0.15) is 17.9 Å². The molecule has 3 aromatic rings. The monoisotopic (exact) mass is 309 g/mol. The zero-order valence-corrected chi connectivity index (χ0v) is 12.3. The van der Waals surface area contributed by atoms with E-state index in [-0.39, 0.29) is 12.5 Å². The molecule has 0 aliphatic carbocycles. The van der Waals surface area contributed by atoms with E-state index in [4.69, 9.17) is 4.74 Å². The van der Waals surface area contributed by atoms with Crippen molar-refractivity contribution in [1.82, 2.24) is 15.3 Å². The molecule has 6 nitrogen and oxygen atoms in total. The van der Waals surface area contributed by atoms with Crippen LogP contribution in [-0.2, 0) is 11.3 Å². The molecule has 3 rings (SSSR count). The Labute approximate surface area is 132 Å². The first-order chi connectivity index (χ1) is 11.2. The number of hydrogen-bond donors (Lipinski definition) is 2. The van der Waals surface area contributed by atoms with Crippen LogP contribution in [0.3, 0.4) is 0 Å². The van der Waals surface area contributed by atoms with Crippen LogP contribution in [0.25, 0.3) is 11.0 Å². The average Bonchev–Trinajstić information content (AvgIpc) is 3.01. The smallest absolute Gasteiger partial charge is 0.258 e. The summed E-state index contributed by atoms with van der Waals surface area (Å²) in [6, 6.07) is 14.2. The Morgan fingerprint density at radius 3 is 2.70 bits per heavy atom. The number of para-hydroxylation sites is 2. The topological polar surface area (TPSA) is 84.1 Å². The van der Waals surface area contributed by atoms with E-state index in [0.717, 1.165) is 17.3 Å². The van der Waals surface area contributed by atoms with Gasteiger partial charge in [0.25, 0.3) is 5.91 Å². The number of nitrogens with one attached hydrogen (secondary N) is 2. The Bertz CT molecular complexity index is 791. The van der Waals surface area contributed by atoms with Crippen LogP contribution in [0.2, 0.25) is 0 Å². The molecule has 0 aliphatic heterocycles. The Hall–Kier alpha value is -3.15. The summed E-state index contributed by atoms with van der Waals surface area (Å²) in [5.41, 5.74) is 2.36. The molecule has 0 spiro atoms. The van der Waals surface area contributed by atoms with Crippen LogP contribution in [0.15, 0.2) is 48.5 Å². The van der Waals surface area contributed by atoms with Gasteiger partial charge >= 0.3 is 0 Å². The first kappa shape index (κ1) is 14.8. The van der Waals surface area contributed by atoms with Gasteiger partial charge in [-0.25, -0.2) is 4.98 Å². The molecule has 0 fully saturated rings. The van der Waals surface area contributed by atoms with Crippen LogP contribution in [0.4, 0.5) is 0 Å². The predicted molar refractivity (Wildman–Crippen MR) is 85.3 cm³/mol. The molecule has 116 valence electrons. The molecular formula is C17H15N3O3. The third kappa shape index (κ3) is 3.74. The summed E-state index contributed by atoms with van der Waals surface area (Å²) in [4.78, 5) is 29.9. The molecule has 0 radical (unpaired) electrons. The molecule has 6 heteroatoms. The molecular weight excluding hydrogens is 294 g/mol. The largest absolute Gasteiger partial charge is 0.484 e. The summed E-state index contributed by atoms with van der Waals surface area (Å²) in [5.74, 6) is 0.981. The summed E-state index contributed by atoms with van der Waals surface area (Å²) >= 11 is 0. The van der Waals surface area contributed by atoms with Gasteiger partial charge in [-0.05, 0) is 36.4 Å². The highest BCUT2D eigenvalue weighted by Crippen LogP contribution is 2.11. The fourth-order valence-electron chi connectivity index (χ4n) is 2.11. The number of carbonyl (C=O) groups excluding carboxylic acids is 2. The molecule has 2 aromatic carbocycles. The lowest BCUT2D eigenvalue weighted by molar-refractivity contribution is -0.123. The number of H-pyrrole nitrogens is 1. The van der Waals surface area contributed by atoms with Crippen LogP contribution in [0.5, 0.6) is 5.75 Å². The van der Waals surface area contributed by atoms with E-state index in [1.54, 1.807) is 24.3 Å². The molecule has 1 amide bonds. The molecule has 0 unspecified atom stereocenters. The Morgan fingerprint density at radius 1 is 1.17 bits per heavy atom. The number of amides is 1. The highest BCUT2D eigenvalue weighted by Gasteiger charge is 2.06. The van der Waals surface area contributed by atoms with Crippen LogP contribution in [-0.4, -0.2) is 28.8 Å². The van der Waals surface area contributed by atoms with Gasteiger partial charge in [0.2, 0.25) is 0 Å². The summed E-state index contributed by atoms with van der Waals surface area (Å²) in [7, 11) is 0. The van der Waals surface area contributed by atoms with Gasteiger partial charge in [-0.15, -0.1) is 0 Å². The number of rotatable bonds is 6. The fourth-order valence-corrected chi connectivity index (χ4v) is 2.11. The fraction of sp³-hybridized carbons (Fsp3) is 0.118. The van der Waals surface area contributed by atoms with E-state index in [1.807, 2.05) is 24.3 Å². The van der Waals surface area contributed by atoms with Crippen molar-refractivity contribution in [2.75, 3.05) is 6.61 Å². The summed E-state index contributed by atoms with van der Waals surface area (Å²) < 4.78 is 5.36. The first-order valence-corrected chi connectivity index (χ1v) is 7.13. The van der Waals surface area contributed by atoms with Gasteiger partial charge in [0, 0.05) is 5.56 Å². The Kier molecular flexibility index (Phi) is 4.33. The number of benzene rings is 2. The van der Waals surface area contributed by atoms with Crippen molar-refractivity contribution in [3.05, 3.63) is 59.9 Å². The van der Waals surface area contributed by atoms with Crippen LogP contribution >= 0.6 is 0 Å². The van der Waals surface area contributed by atoms with Crippen molar-refractivity contribution in [2.24, 2.45) is 0 Å². The minimum Gasteiger partial charge on any atom is -0.484 e. The second kappa shape index (κ2) is 6.74. The maximum absolute atomic E-state index is 11.8. The van der Waals surface area contributed by atoms with Crippen molar-refractivity contribution in [3.8, 4) is 5.75 Å². The van der Waals surface area contributed by atoms with Gasteiger partial charge in [-0.1, -0.05) is 12.1 Å². The first-order valence-electron chi connectivity index (χ1n) is 7.13. The molecule has 0 bridgehead atoms. The number of aldehydes is 1. The maximum Gasteiger partial charge on any atom is 0.258 e. The normalized spacial score (nSPS) is 10.4. The third-order valence-corrected chi connectivity index (χ3v) is 3.28. The number of aromatic nitrogens is 2. The van der Waals surface area contributed by atoms with Gasteiger partial charge in [-0.2, -0.15) is 0 Å². The van der Waals surface area contributed by atoms with E-state index in [1.165, 1.54) is 0 Å². The summed E-state index contributed by atoms with van der Waals surface area (Å²) in [5, 5.41) is 2.74. The minimum atomic E-state index is -0.245. The number of ether oxygens (including phenoxy) is 1. The second-order valence-corrected chi connectivity index (χ2v) is 4.95. The number of imidazole rings is 1. The van der Waals surface area contributed by atoms with Crippen molar-refractivity contribution in [3.63, 3.8) is 0 Å². The van der Waals surface area contributed by atoms with Gasteiger partial charge < -0.3 is 15.0 Å². The van der Waals surface area contributed by atoms with Crippen molar-refractivity contribution < 1.29 is 14.3 Å². The SMILES string of the molecule is O=Cc1ccc(OCC(=O)NCc2nc3ccccc3[nH]2)cc1.